The van der Waals surface area contributed by atoms with Gasteiger partial charge in [-0.3, -0.25) is 4.79 Å². The van der Waals surface area contributed by atoms with Crippen LogP contribution in [-0.2, 0) is 14.3 Å². The minimum absolute atomic E-state index is 0.102. The smallest absolute Gasteiger partial charge is 0.306 e. The molecule has 0 aromatic carbocycles. The zero-order valence-corrected chi connectivity index (χ0v) is 19.1. The van der Waals surface area contributed by atoms with Crippen molar-refractivity contribution < 1.29 is 14.3 Å². The van der Waals surface area contributed by atoms with Gasteiger partial charge in [-0.25, -0.2) is 4.98 Å². The molecule has 3 rings (SSSR count). The summed E-state index contributed by atoms with van der Waals surface area (Å²) in [6.07, 6.45) is 14.5. The topological polar surface area (TPSA) is 51.7 Å². The summed E-state index contributed by atoms with van der Waals surface area (Å²) in [7, 11) is 0. The van der Waals surface area contributed by atoms with Crippen LogP contribution in [0.2, 0.25) is 0 Å². The van der Waals surface area contributed by atoms with Gasteiger partial charge in [0.05, 0.1) is 22.9 Å². The van der Waals surface area contributed by atoms with Crippen molar-refractivity contribution in [2.75, 3.05) is 0 Å². The lowest BCUT2D eigenvalue weighted by molar-refractivity contribution is -0.148. The second-order valence-electron chi connectivity index (χ2n) is 9.22. The van der Waals surface area contributed by atoms with Gasteiger partial charge in [-0.15, -0.1) is 11.3 Å². The Morgan fingerprint density at radius 1 is 1.24 bits per heavy atom. The molecule has 0 N–H and O–H groups in total. The van der Waals surface area contributed by atoms with Gasteiger partial charge >= 0.3 is 5.97 Å². The van der Waals surface area contributed by atoms with E-state index in [9.17, 15) is 4.79 Å². The van der Waals surface area contributed by atoms with Crippen LogP contribution >= 0.6 is 11.3 Å². The Hall–Kier alpha value is -1.46. The van der Waals surface area contributed by atoms with Crippen LogP contribution in [-0.4, -0.2) is 29.3 Å². The first-order chi connectivity index (χ1) is 13.8. The van der Waals surface area contributed by atoms with E-state index >= 15 is 0 Å². The highest BCUT2D eigenvalue weighted by atomic mass is 32.1. The van der Waals surface area contributed by atoms with Crippen molar-refractivity contribution in [3.63, 3.8) is 0 Å². The molecule has 0 spiro atoms. The number of epoxide rings is 1. The lowest BCUT2D eigenvalue weighted by atomic mass is 9.82. The molecule has 29 heavy (non-hydrogen) atoms. The zero-order valence-electron chi connectivity index (χ0n) is 18.3. The largest absolute Gasteiger partial charge is 0.458 e. The number of hydrogen-bond donors (Lipinski definition) is 0. The van der Waals surface area contributed by atoms with E-state index in [1.165, 1.54) is 12.8 Å². The Morgan fingerprint density at radius 3 is 2.83 bits per heavy atom. The first-order valence-electron chi connectivity index (χ1n) is 10.9. The fourth-order valence-electron chi connectivity index (χ4n) is 3.90. The summed E-state index contributed by atoms with van der Waals surface area (Å²) >= 11 is 1.63. The Balaban J connectivity index is 1.70. The van der Waals surface area contributed by atoms with Crippen LogP contribution < -0.4 is 0 Å². The zero-order chi connectivity index (χ0) is 20.9. The number of ether oxygens (including phenoxy) is 2. The molecule has 2 aliphatic heterocycles. The van der Waals surface area contributed by atoms with Crippen LogP contribution in [0.15, 0.2) is 23.1 Å². The van der Waals surface area contributed by atoms with Crippen molar-refractivity contribution in [1.29, 1.82) is 0 Å². The highest BCUT2D eigenvalue weighted by Gasteiger charge is 2.40. The van der Waals surface area contributed by atoms with Gasteiger partial charge in [0.15, 0.2) is 0 Å². The maximum atomic E-state index is 12.6. The molecule has 1 saturated heterocycles. The lowest BCUT2D eigenvalue weighted by Crippen LogP contribution is -2.23. The average molecular weight is 418 g/mol. The molecule has 0 aliphatic carbocycles. The van der Waals surface area contributed by atoms with Crippen LogP contribution in [0.25, 0.3) is 6.08 Å². The van der Waals surface area contributed by atoms with Gasteiger partial charge < -0.3 is 9.47 Å². The number of rotatable bonds is 2. The van der Waals surface area contributed by atoms with Gasteiger partial charge in [0.1, 0.15) is 6.10 Å². The number of fused-ring (bicyclic) bond motifs is 1. The first-order valence-corrected chi connectivity index (χ1v) is 11.8. The standard InChI is InChI=1S/C24H35NO3S/c1-17(14-19-16-29-18(2)25-19)21-15-22-20(27-22)10-8-6-5-7-9-12-24(3,4)13-11-23(26)28-21/h6,8,14,16,20-22H,5,7,9-13,15H2,1-4H3/t20?,21-,22?/m0/s1. The predicted octanol–water partition coefficient (Wildman–Crippen LogP) is 6.25. The molecule has 1 aromatic rings. The van der Waals surface area contributed by atoms with E-state index < -0.39 is 0 Å². The van der Waals surface area contributed by atoms with Crippen molar-refractivity contribution in [3.8, 4) is 0 Å². The molecule has 1 aromatic heterocycles. The molecular weight excluding hydrogens is 382 g/mol. The summed E-state index contributed by atoms with van der Waals surface area (Å²) < 4.78 is 11.8. The van der Waals surface area contributed by atoms with Gasteiger partial charge in [0.2, 0.25) is 0 Å². The van der Waals surface area contributed by atoms with Crippen LogP contribution in [0.1, 0.15) is 82.8 Å². The molecule has 1 fully saturated rings. The van der Waals surface area contributed by atoms with Crippen LogP contribution in [0.3, 0.4) is 0 Å². The third-order valence-electron chi connectivity index (χ3n) is 5.94. The van der Waals surface area contributed by atoms with E-state index in [1.807, 2.05) is 25.3 Å². The summed E-state index contributed by atoms with van der Waals surface area (Å²) in [5.74, 6) is -0.102. The summed E-state index contributed by atoms with van der Waals surface area (Å²) in [4.78, 5) is 17.2. The van der Waals surface area contributed by atoms with Crippen molar-refractivity contribution in [3.05, 3.63) is 33.8 Å². The van der Waals surface area contributed by atoms with Crippen molar-refractivity contribution >= 4 is 23.4 Å². The fraction of sp³-hybridized carbons (Fsp3) is 0.667. The number of nitrogens with zero attached hydrogens (tertiary/aromatic N) is 1. The minimum Gasteiger partial charge on any atom is -0.458 e. The number of carbonyl (C=O) groups excluding carboxylic acids is 1. The summed E-state index contributed by atoms with van der Waals surface area (Å²) in [6.45, 7) is 8.55. The maximum absolute atomic E-state index is 12.6. The molecule has 2 unspecified atom stereocenters. The molecular formula is C24H35NO3S. The Bertz CT molecular complexity index is 749. The van der Waals surface area contributed by atoms with Crippen LogP contribution in [0.5, 0.6) is 0 Å². The summed E-state index contributed by atoms with van der Waals surface area (Å²) in [5, 5.41) is 3.08. The first kappa shape index (κ1) is 22.2. The molecule has 0 amide bonds. The van der Waals surface area contributed by atoms with Crippen LogP contribution in [0.4, 0.5) is 0 Å². The van der Waals surface area contributed by atoms with E-state index in [1.54, 1.807) is 11.3 Å². The number of hydrogen-bond acceptors (Lipinski definition) is 5. The molecule has 3 atom stereocenters. The third kappa shape index (κ3) is 7.38. The van der Waals surface area contributed by atoms with Gasteiger partial charge in [-0.05, 0) is 63.0 Å². The van der Waals surface area contributed by atoms with Gasteiger partial charge in [-0.1, -0.05) is 32.4 Å². The van der Waals surface area contributed by atoms with E-state index in [0.29, 0.717) is 6.42 Å². The van der Waals surface area contributed by atoms with Crippen molar-refractivity contribution in [1.82, 2.24) is 4.98 Å². The van der Waals surface area contributed by atoms with E-state index in [0.717, 1.165) is 48.4 Å². The molecule has 4 nitrogen and oxygen atoms in total. The van der Waals surface area contributed by atoms with Gasteiger partial charge in [0.25, 0.3) is 0 Å². The monoisotopic (exact) mass is 417 g/mol. The second kappa shape index (κ2) is 10.0. The Kier molecular flexibility index (Phi) is 7.69. The summed E-state index contributed by atoms with van der Waals surface area (Å²) in [6, 6.07) is 0. The average Bonchev–Trinajstić information content (AvgIpc) is 3.27. The number of thiazole rings is 1. The SMILES string of the molecule is CC(=Cc1csc(C)n1)[C@@H]1CC2OC2CC=CCCCCC(C)(C)CCC(=O)O1. The maximum Gasteiger partial charge on any atom is 0.306 e. The highest BCUT2D eigenvalue weighted by Crippen LogP contribution is 2.34. The minimum atomic E-state index is -0.250. The lowest BCUT2D eigenvalue weighted by Gasteiger charge is -2.25. The van der Waals surface area contributed by atoms with E-state index in [-0.39, 0.29) is 29.7 Å². The number of esters is 1. The molecule has 0 bridgehead atoms. The number of allylic oxidation sites excluding steroid dienone is 1. The van der Waals surface area contributed by atoms with E-state index in [2.05, 4.69) is 31.0 Å². The highest BCUT2D eigenvalue weighted by molar-refractivity contribution is 7.09. The normalized spacial score (nSPS) is 29.2. The van der Waals surface area contributed by atoms with Gasteiger partial charge in [0, 0.05) is 18.2 Å². The molecule has 160 valence electrons. The molecule has 0 radical (unpaired) electrons. The molecule has 2 aliphatic rings. The number of aromatic nitrogens is 1. The second-order valence-corrected chi connectivity index (χ2v) is 10.3. The number of cyclic esters (lactones) is 1. The van der Waals surface area contributed by atoms with Crippen molar-refractivity contribution in [2.45, 2.75) is 97.4 Å². The Morgan fingerprint density at radius 2 is 2.07 bits per heavy atom. The molecule has 0 saturated carbocycles. The number of carbonyl (C=O) groups is 1. The third-order valence-corrected chi connectivity index (χ3v) is 6.73. The van der Waals surface area contributed by atoms with Crippen molar-refractivity contribution in [2.24, 2.45) is 5.41 Å². The fourth-order valence-corrected chi connectivity index (χ4v) is 4.47. The van der Waals surface area contributed by atoms with E-state index in [4.69, 9.17) is 9.47 Å². The molecule has 5 heteroatoms. The predicted molar refractivity (Wildman–Crippen MR) is 119 cm³/mol. The summed E-state index contributed by atoms with van der Waals surface area (Å²) in [5.41, 5.74) is 2.14. The van der Waals surface area contributed by atoms with Crippen LogP contribution in [0, 0.1) is 12.3 Å². The van der Waals surface area contributed by atoms with Gasteiger partial charge in [-0.2, -0.15) is 0 Å². The Labute approximate surface area is 179 Å². The quantitative estimate of drug-likeness (QED) is 0.324. The number of aryl methyl sites for hydroxylation is 1. The molecule has 3 heterocycles.